The first-order valence-corrected chi connectivity index (χ1v) is 11.8. The molecule has 1 atom stereocenters. The highest BCUT2D eigenvalue weighted by Crippen LogP contribution is 2.36. The Labute approximate surface area is 205 Å². The summed E-state index contributed by atoms with van der Waals surface area (Å²) >= 11 is 0. The van der Waals surface area contributed by atoms with E-state index in [1.165, 1.54) is 29.2 Å². The van der Waals surface area contributed by atoms with E-state index in [1.807, 2.05) is 0 Å². The number of halogens is 3. The van der Waals surface area contributed by atoms with E-state index in [0.717, 1.165) is 32.0 Å². The van der Waals surface area contributed by atoms with Crippen molar-refractivity contribution in [2.45, 2.75) is 31.2 Å². The lowest BCUT2D eigenvalue weighted by atomic mass is 10.0. The highest BCUT2D eigenvalue weighted by Gasteiger charge is 2.35. The summed E-state index contributed by atoms with van der Waals surface area (Å²) in [6, 6.07) is 11.5. The van der Waals surface area contributed by atoms with Crippen LogP contribution in [-0.4, -0.2) is 61.5 Å². The van der Waals surface area contributed by atoms with Crippen LogP contribution < -0.4 is 10.5 Å². The first-order chi connectivity index (χ1) is 17.2. The van der Waals surface area contributed by atoms with Crippen LogP contribution in [0.15, 0.2) is 53.3 Å². The molecule has 2 aliphatic heterocycles. The van der Waals surface area contributed by atoms with Crippen molar-refractivity contribution in [2.24, 2.45) is 0 Å². The van der Waals surface area contributed by atoms with Gasteiger partial charge in [-0.05, 0) is 42.5 Å². The quantitative estimate of drug-likeness (QED) is 0.551. The molecule has 5 rings (SSSR count). The number of alkyl halides is 3. The molecule has 2 saturated heterocycles. The molecular weight excluding hydrogens is 475 g/mol. The van der Waals surface area contributed by atoms with Crippen LogP contribution in [0, 0.1) is 0 Å². The molecular formula is C26H26F3N3O4. The molecule has 0 aliphatic carbocycles. The van der Waals surface area contributed by atoms with E-state index in [9.17, 15) is 22.8 Å². The van der Waals surface area contributed by atoms with E-state index in [-0.39, 0.29) is 28.9 Å². The third kappa shape index (κ3) is 4.83. The van der Waals surface area contributed by atoms with Gasteiger partial charge < -0.3 is 14.5 Å². The topological polar surface area (TPSA) is 74.9 Å². The normalized spacial score (nSPS) is 19.7. The highest BCUT2D eigenvalue weighted by molar-refractivity contribution is 5.94. The average Bonchev–Trinajstić information content (AvgIpc) is 3.23. The molecule has 3 aromatic rings. The van der Waals surface area contributed by atoms with Gasteiger partial charge in [0.25, 0.3) is 5.56 Å². The number of hydrogen-bond acceptors (Lipinski definition) is 5. The number of likely N-dealkylation sites (tertiary alicyclic amines) is 1. The molecule has 1 N–H and O–H groups in total. The number of anilines is 1. The fraction of sp³-hybridized carbons (Fsp3) is 0.385. The van der Waals surface area contributed by atoms with Gasteiger partial charge >= 0.3 is 12.3 Å². The second-order valence-electron chi connectivity index (χ2n) is 9.18. The fourth-order valence-corrected chi connectivity index (χ4v) is 4.97. The van der Waals surface area contributed by atoms with Gasteiger partial charge in [-0.3, -0.25) is 14.6 Å². The van der Waals surface area contributed by atoms with Gasteiger partial charge in [-0.2, -0.15) is 13.2 Å². The molecule has 2 aromatic carbocycles. The number of amides is 1. The Kier molecular flexibility index (Phi) is 6.48. The lowest BCUT2D eigenvalue weighted by molar-refractivity contribution is -0.137. The van der Waals surface area contributed by atoms with Gasteiger partial charge in [0.05, 0.1) is 18.2 Å². The van der Waals surface area contributed by atoms with E-state index in [0.29, 0.717) is 24.2 Å². The maximum atomic E-state index is 13.5. The Hall–Kier alpha value is -3.37. The zero-order chi connectivity index (χ0) is 25.4. The molecule has 2 aliphatic rings. The summed E-state index contributed by atoms with van der Waals surface area (Å²) in [6.45, 7) is 2.72. The summed E-state index contributed by atoms with van der Waals surface area (Å²) in [4.78, 5) is 31.8. The SMILES string of the molecule is COC1CCN(CC2CN(c3ccc4cc(-c5ccccc5C(F)(F)F)[nH]c(=O)c4c3)C(=O)O2)CC1. The second kappa shape index (κ2) is 9.59. The standard InChI is InChI=1S/C26H26F3N3O4/c1-35-18-8-10-31(11-9-18)14-19-15-32(25(34)36-19)17-7-6-16-12-23(30-24(33)21(16)13-17)20-4-2-3-5-22(20)26(27,28)29/h2-7,12-13,18-19H,8-11,14-15H2,1H3,(H,30,33). The van der Waals surface area contributed by atoms with Gasteiger partial charge in [-0.25, -0.2) is 4.79 Å². The molecule has 1 amide bonds. The summed E-state index contributed by atoms with van der Waals surface area (Å²) in [5.41, 5.74) is -0.887. The number of pyridine rings is 1. The lowest BCUT2D eigenvalue weighted by Gasteiger charge is -2.32. The van der Waals surface area contributed by atoms with Crippen LogP contribution in [0.4, 0.5) is 23.7 Å². The zero-order valence-corrected chi connectivity index (χ0v) is 19.7. The first-order valence-electron chi connectivity index (χ1n) is 11.8. The van der Waals surface area contributed by atoms with Gasteiger partial charge in [0.2, 0.25) is 0 Å². The third-order valence-corrected chi connectivity index (χ3v) is 6.87. The number of methoxy groups -OCH3 is 1. The number of cyclic esters (lactones) is 1. The molecule has 36 heavy (non-hydrogen) atoms. The van der Waals surface area contributed by atoms with Gasteiger partial charge in [0.1, 0.15) is 6.10 Å². The number of nitrogens with zero attached hydrogens (tertiary/aromatic N) is 2. The van der Waals surface area contributed by atoms with Gasteiger partial charge in [-0.15, -0.1) is 0 Å². The molecule has 3 heterocycles. The van der Waals surface area contributed by atoms with Crippen LogP contribution in [0.2, 0.25) is 0 Å². The Morgan fingerprint density at radius 3 is 2.56 bits per heavy atom. The predicted molar refractivity (Wildman–Crippen MR) is 129 cm³/mol. The van der Waals surface area contributed by atoms with Crippen molar-refractivity contribution in [3.05, 3.63) is 64.4 Å². The Morgan fingerprint density at radius 2 is 1.83 bits per heavy atom. The van der Waals surface area contributed by atoms with Crippen molar-refractivity contribution in [1.29, 1.82) is 0 Å². The number of nitrogens with one attached hydrogen (secondary N) is 1. The number of ether oxygens (including phenoxy) is 2. The Morgan fingerprint density at radius 1 is 1.08 bits per heavy atom. The minimum atomic E-state index is -4.56. The van der Waals surface area contributed by atoms with Crippen molar-refractivity contribution < 1.29 is 27.4 Å². The summed E-state index contributed by atoms with van der Waals surface area (Å²) in [5.74, 6) is 0. The van der Waals surface area contributed by atoms with Crippen LogP contribution in [0.25, 0.3) is 22.0 Å². The molecule has 190 valence electrons. The van der Waals surface area contributed by atoms with Gasteiger partial charge in [-0.1, -0.05) is 24.3 Å². The van der Waals surface area contributed by atoms with E-state index in [1.54, 1.807) is 25.3 Å². The molecule has 1 unspecified atom stereocenters. The number of rotatable bonds is 5. The third-order valence-electron chi connectivity index (χ3n) is 6.87. The van der Waals surface area contributed by atoms with Gasteiger partial charge in [0, 0.05) is 49.1 Å². The highest BCUT2D eigenvalue weighted by atomic mass is 19.4. The molecule has 1 aromatic heterocycles. The number of aromatic amines is 1. The predicted octanol–water partition coefficient (Wildman–Crippen LogP) is 4.65. The molecule has 7 nitrogen and oxygen atoms in total. The number of H-pyrrole nitrogens is 1. The van der Waals surface area contributed by atoms with E-state index in [4.69, 9.17) is 9.47 Å². The van der Waals surface area contributed by atoms with Crippen molar-refractivity contribution in [3.8, 4) is 11.3 Å². The number of carbonyl (C=O) groups is 1. The van der Waals surface area contributed by atoms with Crippen molar-refractivity contribution in [3.63, 3.8) is 0 Å². The monoisotopic (exact) mass is 501 g/mol. The molecule has 0 bridgehead atoms. The Balaban J connectivity index is 1.37. The lowest BCUT2D eigenvalue weighted by Crippen LogP contribution is -2.41. The zero-order valence-electron chi connectivity index (χ0n) is 19.7. The van der Waals surface area contributed by atoms with Crippen molar-refractivity contribution in [2.75, 3.05) is 38.2 Å². The summed E-state index contributed by atoms with van der Waals surface area (Å²) in [6.07, 6.45) is -3.21. The van der Waals surface area contributed by atoms with Crippen molar-refractivity contribution in [1.82, 2.24) is 9.88 Å². The van der Waals surface area contributed by atoms with Crippen LogP contribution in [-0.2, 0) is 15.7 Å². The van der Waals surface area contributed by atoms with E-state index >= 15 is 0 Å². The first kappa shape index (κ1) is 24.3. The largest absolute Gasteiger partial charge is 0.443 e. The Bertz CT molecular complexity index is 1330. The van der Waals surface area contributed by atoms with Crippen LogP contribution >= 0.6 is 0 Å². The second-order valence-corrected chi connectivity index (χ2v) is 9.18. The number of carbonyl (C=O) groups excluding carboxylic acids is 1. The van der Waals surface area contributed by atoms with Gasteiger partial charge in [0.15, 0.2) is 0 Å². The summed E-state index contributed by atoms with van der Waals surface area (Å²) < 4.78 is 51.4. The van der Waals surface area contributed by atoms with Crippen molar-refractivity contribution >= 4 is 22.6 Å². The number of aromatic nitrogens is 1. The van der Waals surface area contributed by atoms with Crippen LogP contribution in [0.1, 0.15) is 18.4 Å². The fourth-order valence-electron chi connectivity index (χ4n) is 4.97. The average molecular weight is 502 g/mol. The maximum Gasteiger partial charge on any atom is 0.417 e. The number of fused-ring (bicyclic) bond motifs is 1. The molecule has 0 spiro atoms. The molecule has 10 heteroatoms. The maximum absolute atomic E-state index is 13.5. The smallest absolute Gasteiger partial charge is 0.417 e. The number of piperidine rings is 1. The molecule has 0 radical (unpaired) electrons. The minimum absolute atomic E-state index is 0.0751. The summed E-state index contributed by atoms with van der Waals surface area (Å²) in [7, 11) is 1.72. The minimum Gasteiger partial charge on any atom is -0.443 e. The van der Waals surface area contributed by atoms with E-state index < -0.39 is 23.4 Å². The van der Waals surface area contributed by atoms with E-state index in [2.05, 4.69) is 9.88 Å². The van der Waals surface area contributed by atoms with Crippen LogP contribution in [0.3, 0.4) is 0 Å². The summed E-state index contributed by atoms with van der Waals surface area (Å²) in [5, 5.41) is 0.748. The molecule has 0 saturated carbocycles. The number of benzene rings is 2. The van der Waals surface area contributed by atoms with Crippen LogP contribution in [0.5, 0.6) is 0 Å². The molecule has 2 fully saturated rings. The number of hydrogen-bond donors (Lipinski definition) is 1.